The number of nitrogens with one attached hydrogen (secondary N) is 2. The first-order valence-electron chi connectivity index (χ1n) is 8.82. The third-order valence-electron chi connectivity index (χ3n) is 5.17. The van der Waals surface area contributed by atoms with Crippen LogP contribution in [0, 0.1) is 23.7 Å². The summed E-state index contributed by atoms with van der Waals surface area (Å²) in [5, 5.41) is 11.3. The maximum atomic E-state index is 13.1. The lowest BCUT2D eigenvalue weighted by atomic mass is 9.66. The summed E-state index contributed by atoms with van der Waals surface area (Å²) < 4.78 is 26.1. The molecule has 4 nitrogen and oxygen atoms in total. The van der Waals surface area contributed by atoms with E-state index < -0.39 is 11.3 Å². The Morgan fingerprint density at radius 3 is 2.73 bits per heavy atom. The van der Waals surface area contributed by atoms with Crippen molar-refractivity contribution < 1.29 is 8.78 Å². The molecule has 2 unspecified atom stereocenters. The molecule has 2 rings (SSSR count). The van der Waals surface area contributed by atoms with Gasteiger partial charge >= 0.3 is 0 Å². The van der Waals surface area contributed by atoms with Gasteiger partial charge in [-0.15, -0.1) is 6.58 Å². The number of alkyl halides is 2. The summed E-state index contributed by atoms with van der Waals surface area (Å²) in [6.45, 7) is 9.16. The van der Waals surface area contributed by atoms with Crippen molar-refractivity contribution in [1.29, 1.82) is 5.41 Å². The molecule has 1 aromatic rings. The third kappa shape index (κ3) is 4.36. The molecule has 0 radical (unpaired) electrons. The van der Waals surface area contributed by atoms with Crippen LogP contribution in [0.2, 0.25) is 0 Å². The molecular formula is C20H28F2N4. The molecule has 1 heterocycles. The van der Waals surface area contributed by atoms with Crippen LogP contribution in [0.15, 0.2) is 37.1 Å². The molecule has 0 aromatic carbocycles. The van der Waals surface area contributed by atoms with Crippen LogP contribution in [0.3, 0.4) is 0 Å². The minimum atomic E-state index is -2.67. The first-order chi connectivity index (χ1) is 12.1. The number of aryl methyl sites for hydroxylation is 2. The van der Waals surface area contributed by atoms with Gasteiger partial charge in [0.05, 0.1) is 11.1 Å². The Morgan fingerprint density at radius 2 is 2.27 bits per heavy atom. The zero-order valence-electron chi connectivity index (χ0n) is 15.7. The van der Waals surface area contributed by atoms with E-state index in [-0.39, 0.29) is 24.2 Å². The first kappa shape index (κ1) is 20.2. The van der Waals surface area contributed by atoms with Crippen LogP contribution in [0.4, 0.5) is 8.78 Å². The Bertz CT molecular complexity index is 708. The molecule has 142 valence electrons. The second-order valence-electron chi connectivity index (χ2n) is 7.28. The van der Waals surface area contributed by atoms with Gasteiger partial charge in [0.1, 0.15) is 5.84 Å². The molecule has 0 fully saturated rings. The average Bonchev–Trinajstić information content (AvgIpc) is 2.52. The van der Waals surface area contributed by atoms with Crippen LogP contribution < -0.4 is 11.1 Å². The Hall–Kier alpha value is -2.08. The number of nitrogens with zero attached hydrogens (tertiary/aromatic N) is 1. The van der Waals surface area contributed by atoms with Crippen LogP contribution in [0.5, 0.6) is 0 Å². The number of rotatable bonds is 9. The fourth-order valence-electron chi connectivity index (χ4n) is 3.16. The quantitative estimate of drug-likeness (QED) is 0.354. The van der Waals surface area contributed by atoms with E-state index in [1.807, 2.05) is 32.1 Å². The highest BCUT2D eigenvalue weighted by Crippen LogP contribution is 2.40. The number of halogens is 2. The summed E-state index contributed by atoms with van der Waals surface area (Å²) in [6.07, 6.45) is 7.54. The Kier molecular flexibility index (Phi) is 5.96. The van der Waals surface area contributed by atoms with E-state index in [0.29, 0.717) is 13.0 Å². The molecule has 0 spiro atoms. The maximum Gasteiger partial charge on any atom is 0.245 e. The van der Waals surface area contributed by atoms with Crippen molar-refractivity contribution >= 4 is 5.84 Å². The number of nitrogens with two attached hydrogens (primary N) is 1. The Morgan fingerprint density at radius 1 is 1.58 bits per heavy atom. The number of hydrogen-bond donors (Lipinski definition) is 3. The van der Waals surface area contributed by atoms with Gasteiger partial charge in [-0.05, 0) is 44.4 Å². The Balaban J connectivity index is 2.03. The second kappa shape index (κ2) is 7.66. The standard InChI is InChI=1S/C20H28F2N4/c1-5-16-7-9-20(16,18(23)24)12-26-14(3)17-10-13(2)15(11-25-17)6-8-19(4,21)22/h5,7,9-11,14,16,26H,1,6,8,12H2,2-4H3,(H3,23,24)/t14?,16?,20-/m0/s1. The summed E-state index contributed by atoms with van der Waals surface area (Å²) in [6, 6.07) is 1.88. The molecular weight excluding hydrogens is 334 g/mol. The maximum absolute atomic E-state index is 13.1. The van der Waals surface area contributed by atoms with Crippen molar-refractivity contribution in [3.05, 3.63) is 53.9 Å². The summed E-state index contributed by atoms with van der Waals surface area (Å²) in [4.78, 5) is 4.44. The van der Waals surface area contributed by atoms with Gasteiger partial charge in [0.25, 0.3) is 0 Å². The van der Waals surface area contributed by atoms with E-state index in [9.17, 15) is 8.78 Å². The van der Waals surface area contributed by atoms with E-state index in [1.54, 1.807) is 12.3 Å². The highest BCUT2D eigenvalue weighted by Gasteiger charge is 2.42. The molecule has 0 bridgehead atoms. The van der Waals surface area contributed by atoms with E-state index >= 15 is 0 Å². The van der Waals surface area contributed by atoms with Crippen molar-refractivity contribution in [3.8, 4) is 0 Å². The molecule has 0 amide bonds. The van der Waals surface area contributed by atoms with Crippen molar-refractivity contribution in [2.45, 2.75) is 45.6 Å². The van der Waals surface area contributed by atoms with Gasteiger partial charge < -0.3 is 11.1 Å². The molecule has 1 aliphatic carbocycles. The number of aromatic nitrogens is 1. The lowest BCUT2D eigenvalue weighted by Gasteiger charge is -2.42. The van der Waals surface area contributed by atoms with Crippen LogP contribution >= 0.6 is 0 Å². The topological polar surface area (TPSA) is 74.8 Å². The largest absolute Gasteiger partial charge is 0.387 e. The van der Waals surface area contributed by atoms with Crippen molar-refractivity contribution in [2.24, 2.45) is 17.1 Å². The number of pyridine rings is 1. The molecule has 1 aliphatic rings. The molecule has 4 N–H and O–H groups in total. The van der Waals surface area contributed by atoms with Gasteiger partial charge in [-0.3, -0.25) is 10.4 Å². The van der Waals surface area contributed by atoms with Crippen LogP contribution in [-0.2, 0) is 6.42 Å². The van der Waals surface area contributed by atoms with Gasteiger partial charge in [0.15, 0.2) is 0 Å². The number of amidine groups is 1. The second-order valence-corrected chi connectivity index (χ2v) is 7.28. The van der Waals surface area contributed by atoms with E-state index in [2.05, 4.69) is 16.9 Å². The summed E-state index contributed by atoms with van der Waals surface area (Å²) in [5.41, 5.74) is 7.92. The monoisotopic (exact) mass is 362 g/mol. The molecule has 26 heavy (non-hydrogen) atoms. The van der Waals surface area contributed by atoms with Gasteiger partial charge in [0, 0.05) is 31.1 Å². The normalized spacial score (nSPS) is 23.3. The van der Waals surface area contributed by atoms with E-state index in [1.165, 1.54) is 0 Å². The van der Waals surface area contributed by atoms with Crippen molar-refractivity contribution in [3.63, 3.8) is 0 Å². The first-order valence-corrected chi connectivity index (χ1v) is 8.82. The zero-order valence-corrected chi connectivity index (χ0v) is 15.7. The molecule has 0 saturated heterocycles. The van der Waals surface area contributed by atoms with Crippen LogP contribution in [-0.4, -0.2) is 23.3 Å². The van der Waals surface area contributed by atoms with Gasteiger partial charge in [-0.2, -0.15) is 0 Å². The average molecular weight is 362 g/mol. The predicted molar refractivity (Wildman–Crippen MR) is 102 cm³/mol. The molecule has 1 aromatic heterocycles. The van der Waals surface area contributed by atoms with E-state index in [4.69, 9.17) is 11.1 Å². The van der Waals surface area contributed by atoms with Gasteiger partial charge in [-0.25, -0.2) is 8.78 Å². The number of allylic oxidation sites excluding steroid dienone is 2. The highest BCUT2D eigenvalue weighted by atomic mass is 19.3. The molecule has 3 atom stereocenters. The molecule has 6 heteroatoms. The summed E-state index contributed by atoms with van der Waals surface area (Å²) >= 11 is 0. The van der Waals surface area contributed by atoms with Crippen molar-refractivity contribution in [1.82, 2.24) is 10.3 Å². The third-order valence-corrected chi connectivity index (χ3v) is 5.17. The van der Waals surface area contributed by atoms with E-state index in [0.717, 1.165) is 23.7 Å². The fourth-order valence-corrected chi connectivity index (χ4v) is 3.16. The molecule has 0 aliphatic heterocycles. The highest BCUT2D eigenvalue weighted by molar-refractivity contribution is 5.88. The number of hydrogen-bond acceptors (Lipinski definition) is 3. The lowest BCUT2D eigenvalue weighted by Crippen LogP contribution is -2.51. The summed E-state index contributed by atoms with van der Waals surface area (Å²) in [7, 11) is 0. The lowest BCUT2D eigenvalue weighted by molar-refractivity contribution is 0.0132. The van der Waals surface area contributed by atoms with Crippen LogP contribution in [0.1, 0.15) is 43.1 Å². The minimum Gasteiger partial charge on any atom is -0.387 e. The summed E-state index contributed by atoms with van der Waals surface area (Å²) in [5.74, 6) is -2.50. The molecule has 0 saturated carbocycles. The fraction of sp³-hybridized carbons (Fsp3) is 0.500. The van der Waals surface area contributed by atoms with Gasteiger partial charge in [0.2, 0.25) is 5.92 Å². The predicted octanol–water partition coefficient (Wildman–Crippen LogP) is 3.92. The van der Waals surface area contributed by atoms with Crippen LogP contribution in [0.25, 0.3) is 0 Å². The SMILES string of the molecule is C=CC1C=C[C@@]1(CNC(C)c1cc(C)c(CCC(C)(F)F)cn1)C(=N)N. The Labute approximate surface area is 154 Å². The van der Waals surface area contributed by atoms with Crippen molar-refractivity contribution in [2.75, 3.05) is 6.54 Å². The minimum absolute atomic E-state index is 0.0486. The van der Waals surface area contributed by atoms with Gasteiger partial charge in [-0.1, -0.05) is 18.2 Å². The smallest absolute Gasteiger partial charge is 0.245 e. The zero-order chi connectivity index (χ0) is 19.5.